The van der Waals surface area contributed by atoms with Crippen molar-refractivity contribution in [3.05, 3.63) is 30.6 Å². The van der Waals surface area contributed by atoms with Crippen LogP contribution in [-0.4, -0.2) is 22.2 Å². The number of aromatic nitrogens is 2. The average Bonchev–Trinajstić information content (AvgIpc) is 2.91. The highest BCUT2D eigenvalue weighted by atomic mass is 16.1. The van der Waals surface area contributed by atoms with Crippen LogP contribution in [0.2, 0.25) is 0 Å². The Balaban J connectivity index is 2.02. The van der Waals surface area contributed by atoms with Crippen LogP contribution in [0.3, 0.4) is 0 Å². The number of nitrogens with zero attached hydrogens (tertiary/aromatic N) is 2. The third kappa shape index (κ3) is 1.93. The lowest BCUT2D eigenvalue weighted by Crippen LogP contribution is -2.30. The topological polar surface area (TPSA) is 46.9 Å². The first-order chi connectivity index (χ1) is 7.16. The van der Waals surface area contributed by atoms with Crippen LogP contribution in [0.1, 0.15) is 18.4 Å². The van der Waals surface area contributed by atoms with Gasteiger partial charge in [-0.2, -0.15) is 5.10 Å². The molecule has 1 aliphatic carbocycles. The quantitative estimate of drug-likeness (QED) is 0.737. The molecule has 1 fully saturated rings. The number of nitrogens with one attached hydrogen (secondary N) is 1. The highest BCUT2D eigenvalue weighted by Crippen LogP contribution is 2.47. The van der Waals surface area contributed by atoms with Crippen LogP contribution in [0.25, 0.3) is 0 Å². The van der Waals surface area contributed by atoms with Gasteiger partial charge in [-0.05, 0) is 24.5 Å². The Hall–Kier alpha value is -1.58. The predicted molar refractivity (Wildman–Crippen MR) is 57.3 cm³/mol. The Kier molecular flexibility index (Phi) is 2.34. The third-order valence-corrected chi connectivity index (χ3v) is 2.96. The summed E-state index contributed by atoms with van der Waals surface area (Å²) in [5.41, 5.74) is 1.35. The Morgan fingerprint density at radius 3 is 3.00 bits per heavy atom. The normalized spacial score (nSPS) is 17.1. The molecule has 1 heterocycles. The van der Waals surface area contributed by atoms with Crippen LogP contribution in [0.4, 0.5) is 0 Å². The van der Waals surface area contributed by atoms with E-state index in [1.165, 1.54) is 11.6 Å². The molecule has 0 spiro atoms. The number of rotatable bonds is 4. The smallest absolute Gasteiger partial charge is 0.243 e. The van der Waals surface area contributed by atoms with Crippen molar-refractivity contribution in [2.24, 2.45) is 7.05 Å². The predicted octanol–water partition coefficient (Wildman–Crippen LogP) is 0.754. The molecule has 0 bridgehead atoms. The zero-order chi connectivity index (χ0) is 10.9. The number of carbonyl (C=O) groups is 1. The molecule has 0 aliphatic heterocycles. The van der Waals surface area contributed by atoms with Crippen molar-refractivity contribution in [2.45, 2.75) is 18.3 Å². The summed E-state index contributed by atoms with van der Waals surface area (Å²) < 4.78 is 1.80. The van der Waals surface area contributed by atoms with E-state index < -0.39 is 0 Å². The van der Waals surface area contributed by atoms with E-state index in [9.17, 15) is 4.79 Å². The Labute approximate surface area is 89.0 Å². The zero-order valence-corrected chi connectivity index (χ0v) is 8.86. The van der Waals surface area contributed by atoms with Gasteiger partial charge in [-0.3, -0.25) is 9.48 Å². The molecule has 0 unspecified atom stereocenters. The van der Waals surface area contributed by atoms with Crippen molar-refractivity contribution in [1.82, 2.24) is 15.1 Å². The summed E-state index contributed by atoms with van der Waals surface area (Å²) in [6.45, 7) is 4.11. The van der Waals surface area contributed by atoms with E-state index >= 15 is 0 Å². The lowest BCUT2D eigenvalue weighted by atomic mass is 10.00. The van der Waals surface area contributed by atoms with Crippen molar-refractivity contribution in [3.8, 4) is 0 Å². The van der Waals surface area contributed by atoms with Crippen LogP contribution in [0.5, 0.6) is 0 Å². The fourth-order valence-corrected chi connectivity index (χ4v) is 1.74. The molecule has 1 aromatic rings. The van der Waals surface area contributed by atoms with Gasteiger partial charge < -0.3 is 5.32 Å². The lowest BCUT2D eigenvalue weighted by molar-refractivity contribution is -0.116. The van der Waals surface area contributed by atoms with Gasteiger partial charge in [0.1, 0.15) is 0 Å². The van der Waals surface area contributed by atoms with E-state index in [4.69, 9.17) is 0 Å². The van der Waals surface area contributed by atoms with Crippen LogP contribution in [0, 0.1) is 0 Å². The highest BCUT2D eigenvalue weighted by Gasteiger charge is 2.45. The molecule has 15 heavy (non-hydrogen) atoms. The summed E-state index contributed by atoms with van der Waals surface area (Å²) in [6, 6.07) is 0. The zero-order valence-electron chi connectivity index (χ0n) is 8.86. The van der Waals surface area contributed by atoms with Crippen LogP contribution in [0.15, 0.2) is 25.0 Å². The Morgan fingerprint density at radius 1 is 1.80 bits per heavy atom. The second-order valence-electron chi connectivity index (χ2n) is 4.10. The molecule has 1 N–H and O–H groups in total. The van der Waals surface area contributed by atoms with E-state index in [0.717, 1.165) is 12.8 Å². The molecular weight excluding hydrogens is 190 g/mol. The molecule has 4 heteroatoms. The maximum Gasteiger partial charge on any atom is 0.243 e. The molecule has 4 nitrogen and oxygen atoms in total. The van der Waals surface area contributed by atoms with Gasteiger partial charge in [0.25, 0.3) is 0 Å². The number of hydrogen-bond acceptors (Lipinski definition) is 2. The van der Waals surface area contributed by atoms with Gasteiger partial charge in [-0.25, -0.2) is 0 Å². The van der Waals surface area contributed by atoms with Gasteiger partial charge in [-0.1, -0.05) is 6.58 Å². The van der Waals surface area contributed by atoms with E-state index in [0.29, 0.717) is 6.54 Å². The second-order valence-corrected chi connectivity index (χ2v) is 4.10. The van der Waals surface area contributed by atoms with Gasteiger partial charge >= 0.3 is 0 Å². The summed E-state index contributed by atoms with van der Waals surface area (Å²) in [5.74, 6) is -0.106. The fraction of sp³-hybridized carbons (Fsp3) is 0.455. The van der Waals surface area contributed by atoms with Crippen LogP contribution in [-0.2, 0) is 17.3 Å². The molecule has 1 aromatic heterocycles. The van der Waals surface area contributed by atoms with Gasteiger partial charge in [0.2, 0.25) is 5.91 Å². The highest BCUT2D eigenvalue weighted by molar-refractivity contribution is 5.86. The second kappa shape index (κ2) is 3.53. The molecule has 0 saturated heterocycles. The van der Waals surface area contributed by atoms with Crippen LogP contribution >= 0.6 is 0 Å². The summed E-state index contributed by atoms with van der Waals surface area (Å²) in [5, 5.41) is 7.00. The van der Waals surface area contributed by atoms with E-state index in [1.54, 1.807) is 4.68 Å². The van der Waals surface area contributed by atoms with Crippen molar-refractivity contribution in [3.63, 3.8) is 0 Å². The van der Waals surface area contributed by atoms with Crippen LogP contribution < -0.4 is 5.32 Å². The SMILES string of the molecule is C=CC(=O)NCC1(c2cnn(C)c2)CC1. The minimum absolute atomic E-state index is 0.106. The first-order valence-electron chi connectivity index (χ1n) is 5.06. The first kappa shape index (κ1) is 9.96. The fourth-order valence-electron chi connectivity index (χ4n) is 1.74. The maximum atomic E-state index is 11.1. The Morgan fingerprint density at radius 2 is 2.53 bits per heavy atom. The summed E-state index contributed by atoms with van der Waals surface area (Å²) in [6.07, 6.45) is 7.45. The largest absolute Gasteiger partial charge is 0.352 e. The molecule has 0 atom stereocenters. The van der Waals surface area contributed by atoms with Crippen molar-refractivity contribution < 1.29 is 4.79 Å². The summed E-state index contributed by atoms with van der Waals surface area (Å²) in [7, 11) is 1.90. The average molecular weight is 205 g/mol. The standard InChI is InChI=1S/C11H15N3O/c1-3-10(15)12-8-11(4-5-11)9-6-13-14(2)7-9/h3,6-7H,1,4-5,8H2,2H3,(H,12,15). The van der Waals surface area contributed by atoms with Gasteiger partial charge in [0, 0.05) is 25.2 Å². The van der Waals surface area contributed by atoms with E-state index in [2.05, 4.69) is 17.0 Å². The Bertz CT molecular complexity index is 390. The third-order valence-electron chi connectivity index (χ3n) is 2.96. The molecule has 0 radical (unpaired) electrons. The molecule has 0 aromatic carbocycles. The first-order valence-corrected chi connectivity index (χ1v) is 5.06. The number of amides is 1. The van der Waals surface area contributed by atoms with Gasteiger partial charge in [-0.15, -0.1) is 0 Å². The van der Waals surface area contributed by atoms with E-state index in [-0.39, 0.29) is 11.3 Å². The number of hydrogen-bond donors (Lipinski definition) is 1. The lowest BCUT2D eigenvalue weighted by Gasteiger charge is -2.12. The summed E-state index contributed by atoms with van der Waals surface area (Å²) >= 11 is 0. The van der Waals surface area contributed by atoms with Gasteiger partial charge in [0.15, 0.2) is 0 Å². The van der Waals surface area contributed by atoms with Crippen molar-refractivity contribution in [2.75, 3.05) is 6.54 Å². The van der Waals surface area contributed by atoms with Crippen molar-refractivity contribution >= 4 is 5.91 Å². The van der Waals surface area contributed by atoms with Crippen molar-refractivity contribution in [1.29, 1.82) is 0 Å². The van der Waals surface area contributed by atoms with E-state index in [1.807, 2.05) is 19.4 Å². The molecule has 1 amide bonds. The minimum Gasteiger partial charge on any atom is -0.352 e. The van der Waals surface area contributed by atoms with Gasteiger partial charge in [0.05, 0.1) is 6.20 Å². The molecule has 80 valence electrons. The monoisotopic (exact) mass is 205 g/mol. The molecule has 2 rings (SSSR count). The molecule has 1 aliphatic rings. The number of aryl methyl sites for hydroxylation is 1. The summed E-state index contributed by atoms with van der Waals surface area (Å²) in [4.78, 5) is 11.1. The number of carbonyl (C=O) groups excluding carboxylic acids is 1. The minimum atomic E-state index is -0.106. The molecular formula is C11H15N3O. The maximum absolute atomic E-state index is 11.1. The molecule has 1 saturated carbocycles.